The van der Waals surface area contributed by atoms with Gasteiger partial charge in [-0.1, -0.05) is 18.3 Å². The van der Waals surface area contributed by atoms with Crippen molar-refractivity contribution < 1.29 is 0 Å². The van der Waals surface area contributed by atoms with E-state index in [1.165, 1.54) is 0 Å². The van der Waals surface area contributed by atoms with E-state index in [2.05, 4.69) is 15.3 Å². The van der Waals surface area contributed by atoms with E-state index < -0.39 is 0 Å². The molecule has 0 radical (unpaired) electrons. The number of hydrogen-bond donors (Lipinski definition) is 2. The lowest BCUT2D eigenvalue weighted by Gasteiger charge is -2.10. The van der Waals surface area contributed by atoms with Crippen molar-refractivity contribution in [3.05, 3.63) is 53.6 Å². The van der Waals surface area contributed by atoms with E-state index in [0.717, 1.165) is 22.5 Å². The third kappa shape index (κ3) is 3.01. The molecule has 2 heterocycles. The van der Waals surface area contributed by atoms with Crippen molar-refractivity contribution in [2.45, 2.75) is 13.5 Å². The van der Waals surface area contributed by atoms with Gasteiger partial charge in [0.15, 0.2) is 0 Å². The van der Waals surface area contributed by atoms with Gasteiger partial charge in [-0.05, 0) is 24.6 Å². The van der Waals surface area contributed by atoms with Crippen molar-refractivity contribution in [1.29, 1.82) is 0 Å². The number of nitrogens with zero attached hydrogens (tertiary/aromatic N) is 2. The summed E-state index contributed by atoms with van der Waals surface area (Å²) >= 11 is 5.00. The van der Waals surface area contributed by atoms with Gasteiger partial charge in [0.1, 0.15) is 4.99 Å². The summed E-state index contributed by atoms with van der Waals surface area (Å²) in [6.07, 6.45) is 5.24. The molecule has 0 saturated heterocycles. The Labute approximate surface area is 111 Å². The van der Waals surface area contributed by atoms with Crippen LogP contribution in [0.1, 0.15) is 16.8 Å². The van der Waals surface area contributed by atoms with Gasteiger partial charge in [-0.3, -0.25) is 9.97 Å². The molecule has 3 N–H and O–H groups in total. The number of aryl methyl sites for hydroxylation is 1. The van der Waals surface area contributed by atoms with Crippen LogP contribution in [0.15, 0.2) is 36.8 Å². The van der Waals surface area contributed by atoms with Crippen molar-refractivity contribution >= 4 is 22.9 Å². The lowest BCUT2D eigenvalue weighted by Crippen LogP contribution is -2.13. The number of anilines is 1. The molecule has 0 bridgehead atoms. The second-order valence-electron chi connectivity index (χ2n) is 3.95. The molecule has 0 aromatic carbocycles. The quantitative estimate of drug-likeness (QED) is 0.822. The molecule has 0 saturated carbocycles. The van der Waals surface area contributed by atoms with E-state index >= 15 is 0 Å². The molecule has 18 heavy (non-hydrogen) atoms. The lowest BCUT2D eigenvalue weighted by atomic mass is 10.2. The highest BCUT2D eigenvalue weighted by Gasteiger charge is 2.04. The maximum absolute atomic E-state index is 5.65. The Hall–Kier alpha value is -2.01. The average Bonchev–Trinajstić information content (AvgIpc) is 2.38. The largest absolute Gasteiger partial charge is 0.389 e. The zero-order valence-electron chi connectivity index (χ0n) is 10.1. The average molecular weight is 258 g/mol. The summed E-state index contributed by atoms with van der Waals surface area (Å²) in [6.45, 7) is 2.62. The smallest absolute Gasteiger partial charge is 0.106 e. The first kappa shape index (κ1) is 12.4. The number of nitrogens with one attached hydrogen (secondary N) is 1. The van der Waals surface area contributed by atoms with Crippen LogP contribution in [0, 0.1) is 6.92 Å². The first-order valence-electron chi connectivity index (χ1n) is 5.56. The van der Waals surface area contributed by atoms with Gasteiger partial charge in [0.25, 0.3) is 0 Å². The molecule has 2 rings (SSSR count). The lowest BCUT2D eigenvalue weighted by molar-refractivity contribution is 1.08. The highest BCUT2D eigenvalue weighted by Crippen LogP contribution is 2.14. The minimum Gasteiger partial charge on any atom is -0.389 e. The van der Waals surface area contributed by atoms with Crippen LogP contribution in [-0.2, 0) is 6.54 Å². The van der Waals surface area contributed by atoms with Gasteiger partial charge in [0.2, 0.25) is 0 Å². The molecule has 2 aromatic heterocycles. The summed E-state index contributed by atoms with van der Waals surface area (Å²) in [5.74, 6) is 0. The van der Waals surface area contributed by atoms with Gasteiger partial charge in [0.05, 0.1) is 11.9 Å². The summed E-state index contributed by atoms with van der Waals surface area (Å²) < 4.78 is 0. The van der Waals surface area contributed by atoms with Crippen LogP contribution in [0.4, 0.5) is 5.69 Å². The van der Waals surface area contributed by atoms with Gasteiger partial charge < -0.3 is 11.1 Å². The van der Waals surface area contributed by atoms with Crippen LogP contribution < -0.4 is 11.1 Å². The van der Waals surface area contributed by atoms with Crippen molar-refractivity contribution in [2.24, 2.45) is 5.73 Å². The van der Waals surface area contributed by atoms with Crippen molar-refractivity contribution in [2.75, 3.05) is 5.32 Å². The molecule has 0 aliphatic heterocycles. The Bertz CT molecular complexity index is 551. The summed E-state index contributed by atoms with van der Waals surface area (Å²) in [7, 11) is 0. The number of rotatable bonds is 4. The van der Waals surface area contributed by atoms with Gasteiger partial charge in [0, 0.05) is 30.2 Å². The second kappa shape index (κ2) is 5.55. The van der Waals surface area contributed by atoms with E-state index in [1.54, 1.807) is 18.5 Å². The zero-order valence-corrected chi connectivity index (χ0v) is 10.9. The standard InChI is InChI=1S/C13H14N4S/c1-9-2-3-10(6-16-9)7-17-12-8-15-5-4-11(12)13(14)18/h2-6,8,17H,7H2,1H3,(H2,14,18). The van der Waals surface area contributed by atoms with Crippen molar-refractivity contribution in [3.63, 3.8) is 0 Å². The van der Waals surface area contributed by atoms with Gasteiger partial charge in [-0.2, -0.15) is 0 Å². The van der Waals surface area contributed by atoms with E-state index in [4.69, 9.17) is 18.0 Å². The summed E-state index contributed by atoms with van der Waals surface area (Å²) in [5.41, 5.74) is 9.40. The molecule has 0 fully saturated rings. The third-order valence-corrected chi connectivity index (χ3v) is 2.76. The van der Waals surface area contributed by atoms with Crippen LogP contribution in [-0.4, -0.2) is 15.0 Å². The Morgan fingerprint density at radius 2 is 2.17 bits per heavy atom. The monoisotopic (exact) mass is 258 g/mol. The summed E-state index contributed by atoms with van der Waals surface area (Å²) in [5, 5.41) is 3.26. The Morgan fingerprint density at radius 3 is 2.83 bits per heavy atom. The predicted molar refractivity (Wildman–Crippen MR) is 76.4 cm³/mol. The molecule has 0 unspecified atom stereocenters. The molecule has 0 aliphatic rings. The molecule has 2 aromatic rings. The Kier molecular flexibility index (Phi) is 3.84. The molecular weight excluding hydrogens is 244 g/mol. The van der Waals surface area contributed by atoms with Gasteiger partial charge >= 0.3 is 0 Å². The van der Waals surface area contributed by atoms with Crippen LogP contribution in [0.25, 0.3) is 0 Å². The molecule has 5 heteroatoms. The fourth-order valence-corrected chi connectivity index (χ4v) is 1.73. The maximum atomic E-state index is 5.65. The first-order chi connectivity index (χ1) is 8.66. The van der Waals surface area contributed by atoms with Crippen LogP contribution in [0.5, 0.6) is 0 Å². The molecule has 0 aliphatic carbocycles. The summed E-state index contributed by atoms with van der Waals surface area (Å²) in [4.78, 5) is 8.67. The Morgan fingerprint density at radius 1 is 1.33 bits per heavy atom. The van der Waals surface area contributed by atoms with Gasteiger partial charge in [-0.15, -0.1) is 0 Å². The van der Waals surface area contributed by atoms with E-state index in [0.29, 0.717) is 11.5 Å². The number of thiocarbonyl (C=S) groups is 1. The third-order valence-electron chi connectivity index (χ3n) is 2.54. The SMILES string of the molecule is Cc1ccc(CNc2cnccc2C(N)=S)cn1. The number of hydrogen-bond acceptors (Lipinski definition) is 4. The highest BCUT2D eigenvalue weighted by molar-refractivity contribution is 7.80. The topological polar surface area (TPSA) is 63.8 Å². The van der Waals surface area contributed by atoms with E-state index in [1.807, 2.05) is 25.3 Å². The van der Waals surface area contributed by atoms with E-state index in [9.17, 15) is 0 Å². The fourth-order valence-electron chi connectivity index (χ4n) is 1.55. The van der Waals surface area contributed by atoms with Crippen LogP contribution >= 0.6 is 12.2 Å². The number of pyridine rings is 2. The predicted octanol–water partition coefficient (Wildman–Crippen LogP) is 2.03. The molecule has 0 atom stereocenters. The summed E-state index contributed by atoms with van der Waals surface area (Å²) in [6, 6.07) is 5.82. The molecule has 92 valence electrons. The van der Waals surface area contributed by atoms with Gasteiger partial charge in [-0.25, -0.2) is 0 Å². The minimum absolute atomic E-state index is 0.363. The molecular formula is C13H14N4S. The number of nitrogens with two attached hydrogens (primary N) is 1. The van der Waals surface area contributed by atoms with Crippen molar-refractivity contribution in [1.82, 2.24) is 9.97 Å². The van der Waals surface area contributed by atoms with Crippen LogP contribution in [0.2, 0.25) is 0 Å². The molecule has 4 nitrogen and oxygen atoms in total. The maximum Gasteiger partial charge on any atom is 0.106 e. The van der Waals surface area contributed by atoms with Crippen LogP contribution in [0.3, 0.4) is 0 Å². The minimum atomic E-state index is 0.363. The fraction of sp³-hybridized carbons (Fsp3) is 0.154. The number of aromatic nitrogens is 2. The molecule has 0 spiro atoms. The first-order valence-corrected chi connectivity index (χ1v) is 5.97. The second-order valence-corrected chi connectivity index (χ2v) is 4.39. The van der Waals surface area contributed by atoms with Crippen molar-refractivity contribution in [3.8, 4) is 0 Å². The molecule has 0 amide bonds. The highest BCUT2D eigenvalue weighted by atomic mass is 32.1. The Balaban J connectivity index is 2.10. The van der Waals surface area contributed by atoms with E-state index in [-0.39, 0.29) is 0 Å². The zero-order chi connectivity index (χ0) is 13.0. The normalized spacial score (nSPS) is 10.1.